The number of piperidine rings is 1. The smallest absolute Gasteiger partial charge is 0.220 e. The molecule has 1 saturated heterocycles. The number of rotatable bonds is 0. The highest BCUT2D eigenvalue weighted by atomic mass is 16.1. The minimum absolute atomic E-state index is 0.271. The van der Waals surface area contributed by atoms with Crippen LogP contribution in [0, 0.1) is 5.92 Å². The molecule has 0 aromatic heterocycles. The highest BCUT2D eigenvalue weighted by molar-refractivity contribution is 5.77. The molecule has 1 aliphatic heterocycles. The zero-order valence-corrected chi connectivity index (χ0v) is 6.81. The van der Waals surface area contributed by atoms with E-state index in [4.69, 9.17) is 0 Å². The highest BCUT2D eigenvalue weighted by Gasteiger charge is 2.30. The van der Waals surface area contributed by atoms with E-state index >= 15 is 0 Å². The summed E-state index contributed by atoms with van der Waals surface area (Å²) in [7, 11) is 0. The van der Waals surface area contributed by atoms with E-state index in [2.05, 4.69) is 5.32 Å². The normalized spacial score (nSPS) is 37.6. The molecule has 2 heteroatoms. The summed E-state index contributed by atoms with van der Waals surface area (Å²) in [5.41, 5.74) is 0. The van der Waals surface area contributed by atoms with Gasteiger partial charge in [0, 0.05) is 12.5 Å². The van der Waals surface area contributed by atoms with E-state index in [-0.39, 0.29) is 5.91 Å². The molecule has 0 aromatic rings. The molecule has 1 heterocycles. The lowest BCUT2D eigenvalue weighted by Gasteiger charge is -2.35. The average Bonchev–Trinajstić information content (AvgIpc) is 2.04. The highest BCUT2D eigenvalue weighted by Crippen LogP contribution is 2.30. The van der Waals surface area contributed by atoms with Crippen molar-refractivity contribution in [1.82, 2.24) is 5.32 Å². The first-order valence-electron chi connectivity index (χ1n) is 4.65. The number of hydrogen-bond donors (Lipinski definition) is 1. The van der Waals surface area contributed by atoms with Crippen LogP contribution in [0.5, 0.6) is 0 Å². The Hall–Kier alpha value is -0.530. The van der Waals surface area contributed by atoms with Gasteiger partial charge in [-0.3, -0.25) is 4.79 Å². The molecule has 2 atom stereocenters. The van der Waals surface area contributed by atoms with E-state index in [9.17, 15) is 4.79 Å². The van der Waals surface area contributed by atoms with Crippen molar-refractivity contribution in [3.63, 3.8) is 0 Å². The first kappa shape index (κ1) is 7.14. The first-order valence-corrected chi connectivity index (χ1v) is 4.65. The predicted octanol–water partition coefficient (Wildman–Crippen LogP) is 1.46. The molecule has 2 aliphatic rings. The summed E-state index contributed by atoms with van der Waals surface area (Å²) in [4.78, 5) is 11.0. The quantitative estimate of drug-likeness (QED) is 0.560. The van der Waals surface area contributed by atoms with Crippen LogP contribution in [0.15, 0.2) is 0 Å². The summed E-state index contributed by atoms with van der Waals surface area (Å²) in [6.45, 7) is 0. The largest absolute Gasteiger partial charge is 0.353 e. The number of carbonyl (C=O) groups is 1. The van der Waals surface area contributed by atoms with Gasteiger partial charge in [-0.05, 0) is 25.2 Å². The van der Waals surface area contributed by atoms with Crippen LogP contribution in [0.1, 0.15) is 38.5 Å². The molecule has 2 fully saturated rings. The summed E-state index contributed by atoms with van der Waals surface area (Å²) >= 11 is 0. The summed E-state index contributed by atoms with van der Waals surface area (Å²) < 4.78 is 0. The monoisotopic (exact) mass is 153 g/mol. The van der Waals surface area contributed by atoms with Crippen LogP contribution in [0.2, 0.25) is 0 Å². The van der Waals surface area contributed by atoms with Gasteiger partial charge in [-0.1, -0.05) is 12.8 Å². The van der Waals surface area contributed by atoms with Crippen molar-refractivity contribution >= 4 is 5.91 Å². The van der Waals surface area contributed by atoms with E-state index in [1.807, 2.05) is 0 Å². The Balaban J connectivity index is 1.98. The van der Waals surface area contributed by atoms with Gasteiger partial charge in [0.1, 0.15) is 0 Å². The fraction of sp³-hybridized carbons (Fsp3) is 0.889. The Morgan fingerprint density at radius 1 is 1.18 bits per heavy atom. The number of hydrogen-bond acceptors (Lipinski definition) is 1. The van der Waals surface area contributed by atoms with Gasteiger partial charge in [-0.25, -0.2) is 0 Å². The van der Waals surface area contributed by atoms with Crippen LogP contribution in [0.4, 0.5) is 0 Å². The van der Waals surface area contributed by atoms with Gasteiger partial charge in [0.15, 0.2) is 0 Å². The maximum absolute atomic E-state index is 11.0. The standard InChI is InChI=1S/C9H15NO/c11-9-6-5-7-3-1-2-4-8(7)10-9/h7-8H,1-6H2,(H,10,11)/t7?,8-/m1/s1. The van der Waals surface area contributed by atoms with Gasteiger partial charge in [-0.2, -0.15) is 0 Å². The third-order valence-corrected chi connectivity index (χ3v) is 3.00. The van der Waals surface area contributed by atoms with Crippen LogP contribution < -0.4 is 5.32 Å². The molecule has 1 saturated carbocycles. The van der Waals surface area contributed by atoms with Crippen LogP contribution >= 0.6 is 0 Å². The lowest BCUT2D eigenvalue weighted by atomic mass is 9.79. The lowest BCUT2D eigenvalue weighted by molar-refractivity contribution is -0.124. The molecule has 1 amide bonds. The third-order valence-electron chi connectivity index (χ3n) is 3.00. The van der Waals surface area contributed by atoms with Crippen LogP contribution in [0.3, 0.4) is 0 Å². The van der Waals surface area contributed by atoms with Crippen molar-refractivity contribution in [2.24, 2.45) is 5.92 Å². The maximum atomic E-state index is 11.0. The SMILES string of the molecule is O=C1CCC2CCCC[C@H]2N1. The van der Waals surface area contributed by atoms with Gasteiger partial charge in [0.25, 0.3) is 0 Å². The molecule has 62 valence electrons. The zero-order chi connectivity index (χ0) is 7.68. The topological polar surface area (TPSA) is 29.1 Å². The van der Waals surface area contributed by atoms with Gasteiger partial charge in [0.05, 0.1) is 0 Å². The number of amides is 1. The van der Waals surface area contributed by atoms with E-state index in [1.54, 1.807) is 0 Å². The first-order chi connectivity index (χ1) is 5.36. The second-order valence-electron chi connectivity index (χ2n) is 3.76. The molecule has 2 rings (SSSR count). The van der Waals surface area contributed by atoms with Gasteiger partial charge >= 0.3 is 0 Å². The minimum atomic E-state index is 0.271. The Bertz CT molecular complexity index is 167. The summed E-state index contributed by atoms with van der Waals surface area (Å²) in [5.74, 6) is 1.08. The van der Waals surface area contributed by atoms with Crippen LogP contribution in [-0.4, -0.2) is 11.9 Å². The second-order valence-corrected chi connectivity index (χ2v) is 3.76. The third kappa shape index (κ3) is 1.39. The second kappa shape index (κ2) is 2.84. The Morgan fingerprint density at radius 2 is 2.00 bits per heavy atom. The average molecular weight is 153 g/mol. The zero-order valence-electron chi connectivity index (χ0n) is 6.81. The molecule has 1 aliphatic carbocycles. The van der Waals surface area contributed by atoms with Crippen molar-refractivity contribution in [2.45, 2.75) is 44.6 Å². The summed E-state index contributed by atoms with van der Waals surface area (Å²) in [6.07, 6.45) is 7.14. The molecule has 0 aromatic carbocycles. The van der Waals surface area contributed by atoms with Crippen molar-refractivity contribution in [3.05, 3.63) is 0 Å². The van der Waals surface area contributed by atoms with E-state index in [0.29, 0.717) is 6.04 Å². The maximum Gasteiger partial charge on any atom is 0.220 e. The molecule has 11 heavy (non-hydrogen) atoms. The van der Waals surface area contributed by atoms with Crippen LogP contribution in [0.25, 0.3) is 0 Å². The van der Waals surface area contributed by atoms with E-state index in [0.717, 1.165) is 18.8 Å². The van der Waals surface area contributed by atoms with E-state index in [1.165, 1.54) is 25.7 Å². The van der Waals surface area contributed by atoms with Gasteiger partial charge in [0.2, 0.25) is 5.91 Å². The van der Waals surface area contributed by atoms with Crippen molar-refractivity contribution in [3.8, 4) is 0 Å². The molecule has 0 radical (unpaired) electrons. The fourth-order valence-electron chi connectivity index (χ4n) is 2.34. The Labute approximate surface area is 67.4 Å². The number of fused-ring (bicyclic) bond motifs is 1. The summed E-state index contributed by atoms with van der Waals surface area (Å²) in [5, 5.41) is 3.08. The summed E-state index contributed by atoms with van der Waals surface area (Å²) in [6, 6.07) is 0.532. The molecular weight excluding hydrogens is 138 g/mol. The minimum Gasteiger partial charge on any atom is -0.353 e. The van der Waals surface area contributed by atoms with Crippen molar-refractivity contribution < 1.29 is 4.79 Å². The molecule has 1 N–H and O–H groups in total. The lowest BCUT2D eigenvalue weighted by Crippen LogP contribution is -2.46. The van der Waals surface area contributed by atoms with Crippen molar-refractivity contribution in [1.29, 1.82) is 0 Å². The number of carbonyl (C=O) groups excluding carboxylic acids is 1. The predicted molar refractivity (Wildman–Crippen MR) is 43.1 cm³/mol. The van der Waals surface area contributed by atoms with Gasteiger partial charge in [-0.15, -0.1) is 0 Å². The Morgan fingerprint density at radius 3 is 2.91 bits per heavy atom. The Kier molecular flexibility index (Phi) is 1.84. The van der Waals surface area contributed by atoms with E-state index < -0.39 is 0 Å². The van der Waals surface area contributed by atoms with Gasteiger partial charge < -0.3 is 5.32 Å². The molecular formula is C9H15NO. The molecule has 0 spiro atoms. The van der Waals surface area contributed by atoms with Crippen LogP contribution in [-0.2, 0) is 4.79 Å². The number of nitrogens with one attached hydrogen (secondary N) is 1. The molecule has 2 nitrogen and oxygen atoms in total. The molecule has 1 unspecified atom stereocenters. The van der Waals surface area contributed by atoms with Crippen molar-refractivity contribution in [2.75, 3.05) is 0 Å². The molecule has 0 bridgehead atoms. The fourth-order valence-corrected chi connectivity index (χ4v) is 2.34.